The van der Waals surface area contributed by atoms with Crippen LogP contribution in [0.15, 0.2) is 24.3 Å². The van der Waals surface area contributed by atoms with Gasteiger partial charge in [-0.25, -0.2) is 4.68 Å². The zero-order chi connectivity index (χ0) is 19.8. The number of esters is 1. The molecular weight excluding hydrogens is 371 g/mol. The van der Waals surface area contributed by atoms with E-state index in [-0.39, 0.29) is 12.2 Å². The molecular formula is C15H16F3N5O4. The van der Waals surface area contributed by atoms with Crippen molar-refractivity contribution in [1.29, 1.82) is 0 Å². The summed E-state index contributed by atoms with van der Waals surface area (Å²) in [6, 6.07) is 4.58. The van der Waals surface area contributed by atoms with Crippen LogP contribution < -0.4 is 10.1 Å². The van der Waals surface area contributed by atoms with Gasteiger partial charge in [0.1, 0.15) is 17.7 Å². The van der Waals surface area contributed by atoms with Crippen molar-refractivity contribution in [2.24, 2.45) is 5.92 Å². The number of halogens is 3. The number of tetrazole rings is 1. The third-order valence-corrected chi connectivity index (χ3v) is 4.25. The van der Waals surface area contributed by atoms with Crippen molar-refractivity contribution in [2.75, 3.05) is 19.0 Å². The number of rotatable bonds is 4. The predicted molar refractivity (Wildman–Crippen MR) is 83.7 cm³/mol. The van der Waals surface area contributed by atoms with Crippen molar-refractivity contribution in [1.82, 2.24) is 20.2 Å². The zero-order valence-electron chi connectivity index (χ0n) is 14.3. The number of ether oxygens (including phenoxy) is 2. The summed E-state index contributed by atoms with van der Waals surface area (Å²) < 4.78 is 52.2. The Labute approximate surface area is 151 Å². The number of carbonyl (C=O) groups is 1. The van der Waals surface area contributed by atoms with Crippen LogP contribution in [-0.4, -0.2) is 56.9 Å². The van der Waals surface area contributed by atoms with Gasteiger partial charge in [-0.05, 0) is 35.0 Å². The molecule has 2 aromatic rings. The molecule has 0 saturated carbocycles. The average molecular weight is 387 g/mol. The topological polar surface area (TPSA) is 111 Å². The van der Waals surface area contributed by atoms with Gasteiger partial charge in [0, 0.05) is 0 Å². The molecule has 2 heterocycles. The maximum absolute atomic E-state index is 13.8. The van der Waals surface area contributed by atoms with E-state index in [4.69, 9.17) is 9.47 Å². The minimum absolute atomic E-state index is 0.166. The average Bonchev–Trinajstić information content (AvgIpc) is 3.07. The van der Waals surface area contributed by atoms with Crippen LogP contribution in [0.25, 0.3) is 0 Å². The molecule has 0 amide bonds. The van der Waals surface area contributed by atoms with E-state index in [0.717, 1.165) is 4.68 Å². The first kappa shape index (κ1) is 18.9. The van der Waals surface area contributed by atoms with E-state index in [1.807, 2.05) is 5.32 Å². The second-order valence-electron chi connectivity index (χ2n) is 5.78. The normalized spacial score (nSPS) is 24.7. The van der Waals surface area contributed by atoms with Crippen LogP contribution in [0.2, 0.25) is 0 Å². The molecule has 0 saturated heterocycles. The van der Waals surface area contributed by atoms with Crippen molar-refractivity contribution in [3.05, 3.63) is 29.8 Å². The van der Waals surface area contributed by atoms with Crippen LogP contribution in [0, 0.1) is 5.92 Å². The Kier molecular flexibility index (Phi) is 4.68. The van der Waals surface area contributed by atoms with Gasteiger partial charge in [0.05, 0.1) is 13.7 Å². The zero-order valence-corrected chi connectivity index (χ0v) is 14.3. The second kappa shape index (κ2) is 6.68. The molecule has 146 valence electrons. The molecule has 3 unspecified atom stereocenters. The summed E-state index contributed by atoms with van der Waals surface area (Å²) in [4.78, 5) is 12.5. The monoisotopic (exact) mass is 387 g/mol. The van der Waals surface area contributed by atoms with Crippen LogP contribution in [-0.2, 0) is 9.53 Å². The van der Waals surface area contributed by atoms with E-state index in [0.29, 0.717) is 5.75 Å². The molecule has 9 nitrogen and oxygen atoms in total. The Morgan fingerprint density at radius 2 is 2.04 bits per heavy atom. The second-order valence-corrected chi connectivity index (χ2v) is 5.78. The van der Waals surface area contributed by atoms with E-state index in [1.54, 1.807) is 0 Å². The smallest absolute Gasteiger partial charge is 0.437 e. The summed E-state index contributed by atoms with van der Waals surface area (Å²) in [7, 11) is 1.43. The molecule has 0 aliphatic carbocycles. The summed E-state index contributed by atoms with van der Waals surface area (Å²) in [5.74, 6) is -3.31. The molecule has 1 aliphatic heterocycles. The van der Waals surface area contributed by atoms with Crippen LogP contribution in [0.1, 0.15) is 18.5 Å². The van der Waals surface area contributed by atoms with Gasteiger partial charge in [-0.2, -0.15) is 13.2 Å². The molecule has 0 bridgehead atoms. The molecule has 3 atom stereocenters. The van der Waals surface area contributed by atoms with Crippen LogP contribution in [0.4, 0.5) is 19.1 Å². The van der Waals surface area contributed by atoms with E-state index < -0.39 is 35.8 Å². The van der Waals surface area contributed by atoms with E-state index in [9.17, 15) is 23.1 Å². The Bertz CT molecular complexity index is 826. The van der Waals surface area contributed by atoms with Gasteiger partial charge in [0.25, 0.3) is 5.72 Å². The van der Waals surface area contributed by atoms with E-state index in [2.05, 4.69) is 15.5 Å². The molecule has 3 rings (SSSR count). The minimum Gasteiger partial charge on any atom is -0.497 e. The maximum Gasteiger partial charge on any atom is 0.437 e. The maximum atomic E-state index is 13.8. The Hall–Kier alpha value is -2.89. The summed E-state index contributed by atoms with van der Waals surface area (Å²) in [5.41, 5.74) is -3.37. The number of alkyl halides is 3. The number of aliphatic hydroxyl groups is 1. The first-order valence-electron chi connectivity index (χ1n) is 7.88. The highest BCUT2D eigenvalue weighted by molar-refractivity contribution is 5.77. The molecule has 1 aromatic carbocycles. The summed E-state index contributed by atoms with van der Waals surface area (Å²) in [6.45, 7) is 1.28. The summed E-state index contributed by atoms with van der Waals surface area (Å²) in [5, 5.41) is 22.8. The van der Waals surface area contributed by atoms with Crippen molar-refractivity contribution in [3.63, 3.8) is 0 Å². The highest BCUT2D eigenvalue weighted by Gasteiger charge is 2.67. The van der Waals surface area contributed by atoms with Gasteiger partial charge < -0.3 is 19.9 Å². The fourth-order valence-corrected chi connectivity index (χ4v) is 2.99. The third kappa shape index (κ3) is 3.05. The third-order valence-electron chi connectivity index (χ3n) is 4.25. The number of carbonyl (C=O) groups excluding carboxylic acids is 1. The highest BCUT2D eigenvalue weighted by atomic mass is 19.4. The quantitative estimate of drug-likeness (QED) is 0.751. The van der Waals surface area contributed by atoms with Gasteiger partial charge in [-0.1, -0.05) is 17.2 Å². The Morgan fingerprint density at radius 1 is 1.37 bits per heavy atom. The van der Waals surface area contributed by atoms with Gasteiger partial charge in [-0.3, -0.25) is 4.79 Å². The van der Waals surface area contributed by atoms with Crippen LogP contribution >= 0.6 is 0 Å². The number of anilines is 1. The van der Waals surface area contributed by atoms with Gasteiger partial charge >= 0.3 is 12.1 Å². The van der Waals surface area contributed by atoms with E-state index >= 15 is 0 Å². The fraction of sp³-hybridized carbons (Fsp3) is 0.467. The van der Waals surface area contributed by atoms with E-state index in [1.165, 1.54) is 38.3 Å². The van der Waals surface area contributed by atoms with Crippen molar-refractivity contribution >= 4 is 11.9 Å². The highest BCUT2D eigenvalue weighted by Crippen LogP contribution is 2.47. The number of nitrogens with one attached hydrogen (secondary N) is 1. The first-order valence-corrected chi connectivity index (χ1v) is 7.88. The Balaban J connectivity index is 2.20. The molecule has 1 aliphatic rings. The number of nitrogens with zero attached hydrogens (tertiary/aromatic N) is 4. The largest absolute Gasteiger partial charge is 0.497 e. The SMILES string of the molecule is CCOC(=O)C1C(c2ccc(OC)cc2)n2nnnc2NC1(O)C(F)(F)F. The molecule has 12 heteroatoms. The molecule has 27 heavy (non-hydrogen) atoms. The molecule has 0 radical (unpaired) electrons. The lowest BCUT2D eigenvalue weighted by Gasteiger charge is -2.43. The fourth-order valence-electron chi connectivity index (χ4n) is 2.99. The number of hydrogen-bond acceptors (Lipinski definition) is 8. The van der Waals surface area contributed by atoms with Gasteiger partial charge in [-0.15, -0.1) is 0 Å². The summed E-state index contributed by atoms with van der Waals surface area (Å²) in [6.07, 6.45) is -5.22. The predicted octanol–water partition coefficient (Wildman–Crippen LogP) is 1.13. The van der Waals surface area contributed by atoms with Crippen molar-refractivity contribution in [2.45, 2.75) is 24.9 Å². The number of fused-ring (bicyclic) bond motifs is 1. The van der Waals surface area contributed by atoms with Crippen LogP contribution in [0.5, 0.6) is 5.75 Å². The van der Waals surface area contributed by atoms with Gasteiger partial charge in [0.2, 0.25) is 5.95 Å². The molecule has 0 spiro atoms. The number of benzene rings is 1. The number of aromatic nitrogens is 4. The lowest BCUT2D eigenvalue weighted by atomic mass is 9.82. The lowest BCUT2D eigenvalue weighted by molar-refractivity contribution is -0.274. The number of hydrogen-bond donors (Lipinski definition) is 2. The van der Waals surface area contributed by atoms with Crippen LogP contribution in [0.3, 0.4) is 0 Å². The molecule has 1 aromatic heterocycles. The molecule has 0 fully saturated rings. The molecule has 2 N–H and O–H groups in total. The standard InChI is InChI=1S/C15H16F3N5O4/c1-3-27-12(24)10-11(8-4-6-9(26-2)7-5-8)23-13(20-21-22-23)19-14(10,25)15(16,17)18/h4-7,10-11,25H,3H2,1-2H3,(H,19,20,22). The minimum atomic E-state index is -5.22. The first-order chi connectivity index (χ1) is 12.7. The van der Waals surface area contributed by atoms with Crippen molar-refractivity contribution < 1.29 is 32.5 Å². The van der Waals surface area contributed by atoms with Crippen molar-refractivity contribution in [3.8, 4) is 5.75 Å². The Morgan fingerprint density at radius 3 is 2.59 bits per heavy atom. The van der Waals surface area contributed by atoms with Gasteiger partial charge in [0.15, 0.2) is 0 Å². The summed E-state index contributed by atoms with van der Waals surface area (Å²) >= 11 is 0. The number of methoxy groups -OCH3 is 1. The lowest BCUT2D eigenvalue weighted by Crippen LogP contribution is -2.64.